The summed E-state index contributed by atoms with van der Waals surface area (Å²) in [5.41, 5.74) is 4.27. The van der Waals surface area contributed by atoms with Crippen LogP contribution in [0.1, 0.15) is 35.6 Å². The van der Waals surface area contributed by atoms with Crippen LogP contribution < -0.4 is 5.32 Å². The first-order valence-corrected chi connectivity index (χ1v) is 9.06. The molecule has 0 radical (unpaired) electrons. The van der Waals surface area contributed by atoms with E-state index in [2.05, 4.69) is 11.4 Å². The molecule has 0 aliphatic carbocycles. The molecule has 0 aliphatic rings. The molecule has 4 heteroatoms. The van der Waals surface area contributed by atoms with Crippen molar-refractivity contribution in [3.05, 3.63) is 70.8 Å². The molecule has 0 heterocycles. The second-order valence-corrected chi connectivity index (χ2v) is 6.71. The molecule has 1 N–H and O–H groups in total. The lowest BCUT2D eigenvalue weighted by Crippen LogP contribution is -2.48. The molecule has 138 valence electrons. The number of benzene rings is 2. The molecule has 1 atom stereocenters. The van der Waals surface area contributed by atoms with E-state index >= 15 is 0 Å². The molecule has 0 aliphatic heterocycles. The zero-order valence-electron chi connectivity index (χ0n) is 16.1. The lowest BCUT2D eigenvalue weighted by atomic mass is 10.0. The van der Waals surface area contributed by atoms with Gasteiger partial charge in [0, 0.05) is 13.6 Å². The topological polar surface area (TPSA) is 49.4 Å². The maximum Gasteiger partial charge on any atom is 0.242 e. The first-order valence-electron chi connectivity index (χ1n) is 9.06. The number of rotatable bonds is 7. The normalized spacial score (nSPS) is 11.7. The number of hydrogen-bond donors (Lipinski definition) is 1. The number of nitrogens with one attached hydrogen (secondary N) is 1. The van der Waals surface area contributed by atoms with E-state index < -0.39 is 6.04 Å². The number of hydrogen-bond acceptors (Lipinski definition) is 2. The summed E-state index contributed by atoms with van der Waals surface area (Å²) < 4.78 is 0. The molecule has 2 rings (SSSR count). The Labute approximate surface area is 156 Å². The largest absolute Gasteiger partial charge is 0.357 e. The van der Waals surface area contributed by atoms with Gasteiger partial charge in [-0.2, -0.15) is 0 Å². The van der Waals surface area contributed by atoms with Crippen molar-refractivity contribution in [1.29, 1.82) is 0 Å². The van der Waals surface area contributed by atoms with Gasteiger partial charge in [0.05, 0.1) is 6.42 Å². The van der Waals surface area contributed by atoms with Crippen LogP contribution in [0.5, 0.6) is 0 Å². The Morgan fingerprint density at radius 3 is 2.12 bits per heavy atom. The standard InChI is InChI=1S/C22H28N2O2/c1-5-20(22(26)23-4)24(15-19-11-7-9-17(3)13-19)21(25)14-18-10-6-8-16(2)12-18/h6-13,20H,5,14-15H2,1-4H3,(H,23,26)/t20-/m0/s1. The molecule has 0 bridgehead atoms. The van der Waals surface area contributed by atoms with Gasteiger partial charge in [-0.25, -0.2) is 0 Å². The van der Waals surface area contributed by atoms with Crippen molar-refractivity contribution in [2.45, 2.75) is 46.2 Å². The van der Waals surface area contributed by atoms with Crippen molar-refractivity contribution >= 4 is 11.8 Å². The maximum absolute atomic E-state index is 13.1. The Morgan fingerprint density at radius 2 is 1.58 bits per heavy atom. The molecular formula is C22H28N2O2. The van der Waals surface area contributed by atoms with Gasteiger partial charge >= 0.3 is 0 Å². The predicted octanol–water partition coefficient (Wildman–Crippen LogP) is 3.40. The molecule has 0 spiro atoms. The van der Waals surface area contributed by atoms with Crippen LogP contribution in [0.2, 0.25) is 0 Å². The molecule has 0 fully saturated rings. The minimum atomic E-state index is -0.474. The van der Waals surface area contributed by atoms with Gasteiger partial charge in [-0.15, -0.1) is 0 Å². The number of nitrogens with zero attached hydrogens (tertiary/aromatic N) is 1. The fraction of sp³-hybridized carbons (Fsp3) is 0.364. The van der Waals surface area contributed by atoms with Crippen molar-refractivity contribution in [2.24, 2.45) is 0 Å². The number of carbonyl (C=O) groups is 2. The van der Waals surface area contributed by atoms with Gasteiger partial charge < -0.3 is 10.2 Å². The first-order chi connectivity index (χ1) is 12.4. The summed E-state index contributed by atoms with van der Waals surface area (Å²) in [7, 11) is 1.61. The molecule has 0 saturated carbocycles. The second kappa shape index (κ2) is 9.18. The third-order valence-electron chi connectivity index (χ3n) is 4.51. The molecule has 0 aromatic heterocycles. The molecule has 0 unspecified atom stereocenters. The fourth-order valence-corrected chi connectivity index (χ4v) is 3.19. The number of carbonyl (C=O) groups excluding carboxylic acids is 2. The second-order valence-electron chi connectivity index (χ2n) is 6.71. The highest BCUT2D eigenvalue weighted by molar-refractivity contribution is 5.88. The summed E-state index contributed by atoms with van der Waals surface area (Å²) in [5.74, 6) is -0.162. The van der Waals surface area contributed by atoms with Gasteiger partial charge in [0.25, 0.3) is 0 Å². The van der Waals surface area contributed by atoms with Gasteiger partial charge in [0.1, 0.15) is 6.04 Å². The van der Waals surface area contributed by atoms with Crippen LogP contribution in [0.4, 0.5) is 0 Å². The average molecular weight is 352 g/mol. The third kappa shape index (κ3) is 5.19. The Hall–Kier alpha value is -2.62. The van der Waals surface area contributed by atoms with Crippen molar-refractivity contribution in [3.63, 3.8) is 0 Å². The summed E-state index contributed by atoms with van der Waals surface area (Å²) in [6, 6.07) is 15.5. The molecule has 0 saturated heterocycles. The Bertz CT molecular complexity index is 770. The van der Waals surface area contributed by atoms with Gasteiger partial charge in [-0.1, -0.05) is 66.6 Å². The molecular weight excluding hydrogens is 324 g/mol. The van der Waals surface area contributed by atoms with E-state index in [1.807, 2.05) is 63.2 Å². The van der Waals surface area contributed by atoms with Crippen LogP contribution in [0.15, 0.2) is 48.5 Å². The van der Waals surface area contributed by atoms with E-state index in [9.17, 15) is 9.59 Å². The first kappa shape index (κ1) is 19.7. The highest BCUT2D eigenvalue weighted by Crippen LogP contribution is 2.16. The summed E-state index contributed by atoms with van der Waals surface area (Å²) >= 11 is 0. The maximum atomic E-state index is 13.1. The minimum Gasteiger partial charge on any atom is -0.357 e. The van der Waals surface area contributed by atoms with Crippen LogP contribution in [0.25, 0.3) is 0 Å². The van der Waals surface area contributed by atoms with Crippen molar-refractivity contribution < 1.29 is 9.59 Å². The van der Waals surface area contributed by atoms with Crippen LogP contribution in [0.3, 0.4) is 0 Å². The quantitative estimate of drug-likeness (QED) is 0.830. The van der Waals surface area contributed by atoms with Crippen molar-refractivity contribution in [3.8, 4) is 0 Å². The number of likely N-dealkylation sites (N-methyl/N-ethyl adjacent to an activating group) is 1. The van der Waals surface area contributed by atoms with Gasteiger partial charge in [0.15, 0.2) is 0 Å². The van der Waals surface area contributed by atoms with Gasteiger partial charge in [-0.05, 0) is 31.4 Å². The van der Waals surface area contributed by atoms with Gasteiger partial charge in [-0.3, -0.25) is 9.59 Å². The summed E-state index contributed by atoms with van der Waals surface area (Å²) in [4.78, 5) is 27.1. The predicted molar refractivity (Wildman–Crippen MR) is 105 cm³/mol. The summed E-state index contributed by atoms with van der Waals surface area (Å²) in [6.45, 7) is 6.40. The van der Waals surface area contributed by atoms with Gasteiger partial charge in [0.2, 0.25) is 11.8 Å². The summed E-state index contributed by atoms with van der Waals surface area (Å²) in [5, 5.41) is 2.69. The van der Waals surface area contributed by atoms with E-state index in [-0.39, 0.29) is 11.8 Å². The fourth-order valence-electron chi connectivity index (χ4n) is 3.19. The molecule has 2 amide bonds. The smallest absolute Gasteiger partial charge is 0.242 e. The number of aryl methyl sites for hydroxylation is 2. The number of amides is 2. The van der Waals surface area contributed by atoms with E-state index in [0.29, 0.717) is 19.4 Å². The Kier molecular flexibility index (Phi) is 6.96. The Balaban J connectivity index is 2.28. The van der Waals surface area contributed by atoms with Crippen LogP contribution in [-0.4, -0.2) is 29.8 Å². The molecule has 4 nitrogen and oxygen atoms in total. The van der Waals surface area contributed by atoms with E-state index in [4.69, 9.17) is 0 Å². The lowest BCUT2D eigenvalue weighted by Gasteiger charge is -2.30. The SMILES string of the molecule is CC[C@@H](C(=O)NC)N(Cc1cccc(C)c1)C(=O)Cc1cccc(C)c1. The highest BCUT2D eigenvalue weighted by atomic mass is 16.2. The summed E-state index contributed by atoms with van der Waals surface area (Å²) in [6.07, 6.45) is 0.867. The zero-order valence-corrected chi connectivity index (χ0v) is 16.1. The molecule has 2 aromatic rings. The van der Waals surface area contributed by atoms with Crippen LogP contribution in [0, 0.1) is 13.8 Å². The zero-order chi connectivity index (χ0) is 19.1. The Morgan fingerprint density at radius 1 is 1.00 bits per heavy atom. The highest BCUT2D eigenvalue weighted by Gasteiger charge is 2.27. The molecule has 26 heavy (non-hydrogen) atoms. The van der Waals surface area contributed by atoms with Crippen LogP contribution >= 0.6 is 0 Å². The third-order valence-corrected chi connectivity index (χ3v) is 4.51. The average Bonchev–Trinajstić information content (AvgIpc) is 2.61. The lowest BCUT2D eigenvalue weighted by molar-refractivity contribution is -0.140. The minimum absolute atomic E-state index is 0.0347. The van der Waals surface area contributed by atoms with E-state index in [1.165, 1.54) is 0 Å². The van der Waals surface area contributed by atoms with E-state index in [0.717, 1.165) is 22.3 Å². The molecule has 2 aromatic carbocycles. The van der Waals surface area contributed by atoms with Crippen molar-refractivity contribution in [2.75, 3.05) is 7.05 Å². The van der Waals surface area contributed by atoms with Crippen molar-refractivity contribution in [1.82, 2.24) is 10.2 Å². The van der Waals surface area contributed by atoms with Crippen LogP contribution in [-0.2, 0) is 22.6 Å². The monoisotopic (exact) mass is 352 g/mol. The van der Waals surface area contributed by atoms with E-state index in [1.54, 1.807) is 11.9 Å².